The molecule has 0 saturated carbocycles. The van der Waals surface area contributed by atoms with Crippen molar-refractivity contribution >= 4 is 5.91 Å². The van der Waals surface area contributed by atoms with Crippen molar-refractivity contribution in [3.63, 3.8) is 0 Å². The quantitative estimate of drug-likeness (QED) is 0.767. The third-order valence-corrected chi connectivity index (χ3v) is 2.76. The second-order valence-corrected chi connectivity index (χ2v) is 4.25. The molecule has 1 aromatic rings. The molecule has 0 heterocycles. The average molecular weight is 250 g/mol. The third kappa shape index (κ3) is 4.37. The fraction of sp³-hybridized carbons (Fsp3) is 0.500. The van der Waals surface area contributed by atoms with E-state index in [-0.39, 0.29) is 11.8 Å². The molecule has 18 heavy (non-hydrogen) atoms. The molecule has 0 aliphatic rings. The van der Waals surface area contributed by atoms with Gasteiger partial charge in [-0.3, -0.25) is 4.79 Å². The van der Waals surface area contributed by atoms with Crippen LogP contribution in [0.5, 0.6) is 5.75 Å². The van der Waals surface area contributed by atoms with Crippen LogP contribution >= 0.6 is 0 Å². The van der Waals surface area contributed by atoms with Gasteiger partial charge in [0, 0.05) is 13.6 Å². The van der Waals surface area contributed by atoms with Crippen molar-refractivity contribution in [2.24, 2.45) is 11.7 Å². The molecule has 1 atom stereocenters. The summed E-state index contributed by atoms with van der Waals surface area (Å²) in [6, 6.07) is 7.83. The van der Waals surface area contributed by atoms with E-state index in [0.717, 1.165) is 17.7 Å². The average Bonchev–Trinajstić information content (AvgIpc) is 2.42. The third-order valence-electron chi connectivity index (χ3n) is 2.76. The van der Waals surface area contributed by atoms with Crippen molar-refractivity contribution in [3.8, 4) is 5.75 Å². The van der Waals surface area contributed by atoms with E-state index >= 15 is 0 Å². The Morgan fingerprint density at radius 1 is 1.50 bits per heavy atom. The van der Waals surface area contributed by atoms with Gasteiger partial charge in [-0.2, -0.15) is 0 Å². The molecular formula is C14H22N2O2. The Labute approximate surface area is 109 Å². The number of ether oxygens (including phenoxy) is 1. The molecule has 1 aromatic carbocycles. The molecule has 0 spiro atoms. The van der Waals surface area contributed by atoms with Crippen molar-refractivity contribution in [2.45, 2.75) is 19.8 Å². The Hall–Kier alpha value is -1.55. The molecule has 1 unspecified atom stereocenters. The van der Waals surface area contributed by atoms with Gasteiger partial charge in [-0.1, -0.05) is 19.1 Å². The number of hydrogen-bond donors (Lipinski definition) is 2. The zero-order valence-electron chi connectivity index (χ0n) is 11.1. The molecule has 1 rings (SSSR count). The minimum atomic E-state index is -0.184. The molecule has 1 amide bonds. The lowest BCUT2D eigenvalue weighted by Gasteiger charge is -2.14. The predicted octanol–water partition coefficient (Wildman–Crippen LogP) is 1.34. The van der Waals surface area contributed by atoms with Crippen LogP contribution in [-0.4, -0.2) is 26.1 Å². The van der Waals surface area contributed by atoms with Gasteiger partial charge in [0.2, 0.25) is 5.91 Å². The summed E-state index contributed by atoms with van der Waals surface area (Å²) in [5.41, 5.74) is 6.70. The lowest BCUT2D eigenvalue weighted by Crippen LogP contribution is -2.34. The maximum atomic E-state index is 11.6. The van der Waals surface area contributed by atoms with E-state index in [4.69, 9.17) is 10.5 Å². The highest BCUT2D eigenvalue weighted by Crippen LogP contribution is 2.16. The van der Waals surface area contributed by atoms with Crippen LogP contribution in [0, 0.1) is 5.92 Å². The Balaban J connectivity index is 2.68. The van der Waals surface area contributed by atoms with Crippen LogP contribution in [0.3, 0.4) is 0 Å². The number of carbonyl (C=O) groups is 1. The van der Waals surface area contributed by atoms with E-state index in [1.54, 1.807) is 7.05 Å². The first-order chi connectivity index (χ1) is 8.71. The van der Waals surface area contributed by atoms with Crippen molar-refractivity contribution in [1.82, 2.24) is 5.32 Å². The lowest BCUT2D eigenvalue weighted by molar-refractivity contribution is -0.124. The SMILES string of the molecule is CCCOc1cccc(CC(CN)C(=O)NC)c1. The molecule has 0 aliphatic carbocycles. The number of benzene rings is 1. The normalized spacial score (nSPS) is 11.9. The number of carbonyl (C=O) groups excluding carboxylic acids is 1. The van der Waals surface area contributed by atoms with Crippen LogP contribution in [0.25, 0.3) is 0 Å². The van der Waals surface area contributed by atoms with E-state index in [9.17, 15) is 4.79 Å². The predicted molar refractivity (Wildman–Crippen MR) is 72.5 cm³/mol. The van der Waals surface area contributed by atoms with Gasteiger partial charge < -0.3 is 15.8 Å². The van der Waals surface area contributed by atoms with Crippen LogP contribution in [-0.2, 0) is 11.2 Å². The molecule has 4 heteroatoms. The summed E-state index contributed by atoms with van der Waals surface area (Å²) >= 11 is 0. The highest BCUT2D eigenvalue weighted by molar-refractivity contribution is 5.78. The van der Waals surface area contributed by atoms with E-state index in [1.165, 1.54) is 0 Å². The molecule has 0 radical (unpaired) electrons. The van der Waals surface area contributed by atoms with Gasteiger partial charge >= 0.3 is 0 Å². The van der Waals surface area contributed by atoms with Gasteiger partial charge in [0.15, 0.2) is 0 Å². The summed E-state index contributed by atoms with van der Waals surface area (Å²) in [6.45, 7) is 3.12. The number of rotatable bonds is 7. The summed E-state index contributed by atoms with van der Waals surface area (Å²) in [5.74, 6) is 0.649. The standard InChI is InChI=1S/C14H22N2O2/c1-3-7-18-13-6-4-5-11(9-13)8-12(10-15)14(17)16-2/h4-6,9,12H,3,7-8,10,15H2,1-2H3,(H,16,17). The van der Waals surface area contributed by atoms with E-state index in [0.29, 0.717) is 19.6 Å². The van der Waals surface area contributed by atoms with Gasteiger partial charge in [-0.05, 0) is 30.5 Å². The Kier molecular flexibility index (Phi) is 6.22. The first-order valence-corrected chi connectivity index (χ1v) is 6.34. The molecule has 3 N–H and O–H groups in total. The molecule has 0 saturated heterocycles. The number of hydrogen-bond acceptors (Lipinski definition) is 3. The van der Waals surface area contributed by atoms with Gasteiger partial charge in [-0.25, -0.2) is 0 Å². The number of nitrogens with two attached hydrogens (primary N) is 1. The molecule has 0 aliphatic heterocycles. The van der Waals surface area contributed by atoms with E-state index in [2.05, 4.69) is 12.2 Å². The smallest absolute Gasteiger partial charge is 0.224 e. The fourth-order valence-electron chi connectivity index (χ4n) is 1.75. The van der Waals surface area contributed by atoms with E-state index in [1.807, 2.05) is 24.3 Å². The molecule has 0 aromatic heterocycles. The topological polar surface area (TPSA) is 64.3 Å². The summed E-state index contributed by atoms with van der Waals surface area (Å²) in [7, 11) is 1.63. The van der Waals surface area contributed by atoms with Gasteiger partial charge in [0.25, 0.3) is 0 Å². The van der Waals surface area contributed by atoms with Crippen molar-refractivity contribution in [3.05, 3.63) is 29.8 Å². The van der Waals surface area contributed by atoms with Crippen LogP contribution in [0.4, 0.5) is 0 Å². The Morgan fingerprint density at radius 2 is 2.28 bits per heavy atom. The van der Waals surface area contributed by atoms with Crippen LogP contribution < -0.4 is 15.8 Å². The van der Waals surface area contributed by atoms with Gasteiger partial charge in [-0.15, -0.1) is 0 Å². The summed E-state index contributed by atoms with van der Waals surface area (Å²) in [6.07, 6.45) is 1.62. The van der Waals surface area contributed by atoms with Crippen molar-refractivity contribution < 1.29 is 9.53 Å². The first-order valence-electron chi connectivity index (χ1n) is 6.34. The summed E-state index contributed by atoms with van der Waals surface area (Å²) in [5, 5.41) is 2.63. The molecule has 100 valence electrons. The maximum Gasteiger partial charge on any atom is 0.224 e. The van der Waals surface area contributed by atoms with Crippen LogP contribution in [0.15, 0.2) is 24.3 Å². The summed E-state index contributed by atoms with van der Waals surface area (Å²) in [4.78, 5) is 11.6. The number of amides is 1. The van der Waals surface area contributed by atoms with Crippen LogP contribution in [0.1, 0.15) is 18.9 Å². The van der Waals surface area contributed by atoms with Crippen molar-refractivity contribution in [2.75, 3.05) is 20.2 Å². The van der Waals surface area contributed by atoms with Gasteiger partial charge in [0.1, 0.15) is 5.75 Å². The zero-order valence-corrected chi connectivity index (χ0v) is 11.1. The van der Waals surface area contributed by atoms with E-state index < -0.39 is 0 Å². The monoisotopic (exact) mass is 250 g/mol. The van der Waals surface area contributed by atoms with Crippen molar-refractivity contribution in [1.29, 1.82) is 0 Å². The Bertz CT molecular complexity index is 380. The second-order valence-electron chi connectivity index (χ2n) is 4.25. The number of nitrogens with one attached hydrogen (secondary N) is 1. The summed E-state index contributed by atoms with van der Waals surface area (Å²) < 4.78 is 5.57. The van der Waals surface area contributed by atoms with Crippen LogP contribution in [0.2, 0.25) is 0 Å². The maximum absolute atomic E-state index is 11.6. The lowest BCUT2D eigenvalue weighted by atomic mass is 9.98. The molecular weight excluding hydrogens is 228 g/mol. The highest BCUT2D eigenvalue weighted by Gasteiger charge is 2.15. The first kappa shape index (κ1) is 14.5. The fourth-order valence-corrected chi connectivity index (χ4v) is 1.75. The molecule has 4 nitrogen and oxygen atoms in total. The Morgan fingerprint density at radius 3 is 2.89 bits per heavy atom. The van der Waals surface area contributed by atoms with Gasteiger partial charge in [0.05, 0.1) is 12.5 Å². The molecule has 0 bridgehead atoms. The zero-order chi connectivity index (χ0) is 13.4. The minimum absolute atomic E-state index is 0.0163. The minimum Gasteiger partial charge on any atom is -0.494 e. The largest absolute Gasteiger partial charge is 0.494 e. The highest BCUT2D eigenvalue weighted by atomic mass is 16.5. The molecule has 0 fully saturated rings. The second kappa shape index (κ2) is 7.71.